The number of nitrogens with zero attached hydrogens (tertiary/aromatic N) is 1. The van der Waals surface area contributed by atoms with E-state index in [9.17, 15) is 8.42 Å². The van der Waals surface area contributed by atoms with Crippen LogP contribution >= 0.6 is 0 Å². The highest BCUT2D eigenvalue weighted by Crippen LogP contribution is 2.17. The molecule has 0 radical (unpaired) electrons. The first-order chi connectivity index (χ1) is 10.0. The van der Waals surface area contributed by atoms with Crippen molar-refractivity contribution < 1.29 is 12.9 Å². The molecule has 2 aromatic rings. The lowest BCUT2D eigenvalue weighted by Gasteiger charge is -2.14. The molecule has 21 heavy (non-hydrogen) atoms. The van der Waals surface area contributed by atoms with Gasteiger partial charge in [0.15, 0.2) is 5.76 Å². The summed E-state index contributed by atoms with van der Waals surface area (Å²) >= 11 is 0. The topological polar surface area (TPSA) is 84.2 Å². The summed E-state index contributed by atoms with van der Waals surface area (Å²) < 4.78 is 31.9. The van der Waals surface area contributed by atoms with Crippen LogP contribution in [-0.4, -0.2) is 20.1 Å². The van der Waals surface area contributed by atoms with Crippen LogP contribution in [-0.2, 0) is 16.6 Å². The molecule has 0 fully saturated rings. The summed E-state index contributed by atoms with van der Waals surface area (Å²) in [6.07, 6.45) is 1.47. The molecule has 1 heterocycles. The third-order valence-electron chi connectivity index (χ3n) is 3.11. The molecule has 114 valence electrons. The standard InChI is InChI=1S/C14H19N3O3S/c1-3-15-11(2)12-5-4-6-14(9-12)21(18,19)17-10-13-7-8-16-20-13/h4-9,11,15,17H,3,10H2,1-2H3. The van der Waals surface area contributed by atoms with Gasteiger partial charge >= 0.3 is 0 Å². The lowest BCUT2D eigenvalue weighted by molar-refractivity contribution is 0.380. The van der Waals surface area contributed by atoms with Gasteiger partial charge in [0.25, 0.3) is 0 Å². The molecule has 1 aromatic heterocycles. The van der Waals surface area contributed by atoms with Gasteiger partial charge in [-0.1, -0.05) is 24.2 Å². The Morgan fingerprint density at radius 1 is 1.33 bits per heavy atom. The molecule has 1 aromatic carbocycles. The van der Waals surface area contributed by atoms with Crippen molar-refractivity contribution in [1.29, 1.82) is 0 Å². The largest absolute Gasteiger partial charge is 0.360 e. The highest BCUT2D eigenvalue weighted by atomic mass is 32.2. The normalized spacial score (nSPS) is 13.2. The highest BCUT2D eigenvalue weighted by Gasteiger charge is 2.16. The maximum Gasteiger partial charge on any atom is 0.240 e. The van der Waals surface area contributed by atoms with Gasteiger partial charge in [0.05, 0.1) is 17.6 Å². The third-order valence-corrected chi connectivity index (χ3v) is 4.51. The van der Waals surface area contributed by atoms with Gasteiger partial charge in [-0.3, -0.25) is 0 Å². The SMILES string of the molecule is CCNC(C)c1cccc(S(=O)(=O)NCc2ccno2)c1. The fourth-order valence-electron chi connectivity index (χ4n) is 1.96. The first-order valence-electron chi connectivity index (χ1n) is 6.75. The van der Waals surface area contributed by atoms with Crippen molar-refractivity contribution in [3.8, 4) is 0 Å². The minimum absolute atomic E-state index is 0.0787. The van der Waals surface area contributed by atoms with Gasteiger partial charge in [0.1, 0.15) is 0 Å². The van der Waals surface area contributed by atoms with Crippen LogP contribution in [0.25, 0.3) is 0 Å². The van der Waals surface area contributed by atoms with Crippen LogP contribution in [0.15, 0.2) is 45.9 Å². The number of nitrogens with one attached hydrogen (secondary N) is 2. The molecule has 0 saturated carbocycles. The molecule has 2 rings (SSSR count). The molecule has 6 nitrogen and oxygen atoms in total. The van der Waals surface area contributed by atoms with E-state index in [2.05, 4.69) is 15.2 Å². The van der Waals surface area contributed by atoms with Gasteiger partial charge in [-0.25, -0.2) is 13.1 Å². The molecule has 1 unspecified atom stereocenters. The zero-order chi connectivity index (χ0) is 15.3. The van der Waals surface area contributed by atoms with Crippen molar-refractivity contribution in [1.82, 2.24) is 15.2 Å². The van der Waals surface area contributed by atoms with Crippen molar-refractivity contribution >= 4 is 10.0 Å². The van der Waals surface area contributed by atoms with Crippen molar-refractivity contribution in [3.05, 3.63) is 47.9 Å². The van der Waals surface area contributed by atoms with Gasteiger partial charge in [-0.15, -0.1) is 0 Å². The summed E-state index contributed by atoms with van der Waals surface area (Å²) in [5.74, 6) is 0.468. The lowest BCUT2D eigenvalue weighted by Crippen LogP contribution is -2.24. The van der Waals surface area contributed by atoms with E-state index in [1.165, 1.54) is 6.20 Å². The lowest BCUT2D eigenvalue weighted by atomic mass is 10.1. The highest BCUT2D eigenvalue weighted by molar-refractivity contribution is 7.89. The molecule has 7 heteroatoms. The molecular weight excluding hydrogens is 290 g/mol. The third kappa shape index (κ3) is 4.13. The Morgan fingerprint density at radius 3 is 2.81 bits per heavy atom. The van der Waals surface area contributed by atoms with Crippen LogP contribution in [0.1, 0.15) is 31.2 Å². The van der Waals surface area contributed by atoms with Crippen molar-refractivity contribution in [2.24, 2.45) is 0 Å². The van der Waals surface area contributed by atoms with Crippen LogP contribution in [0, 0.1) is 0 Å². The van der Waals surface area contributed by atoms with E-state index in [1.54, 1.807) is 24.3 Å². The Balaban J connectivity index is 2.14. The van der Waals surface area contributed by atoms with Crippen LogP contribution in [0.3, 0.4) is 0 Å². The van der Waals surface area contributed by atoms with E-state index in [0.29, 0.717) is 5.76 Å². The molecule has 0 aliphatic carbocycles. The van der Waals surface area contributed by atoms with Crippen molar-refractivity contribution in [2.75, 3.05) is 6.54 Å². The fraction of sp³-hybridized carbons (Fsp3) is 0.357. The number of sulfonamides is 1. The van der Waals surface area contributed by atoms with Crippen LogP contribution in [0.4, 0.5) is 0 Å². The molecule has 2 N–H and O–H groups in total. The summed E-state index contributed by atoms with van der Waals surface area (Å²) in [6, 6.07) is 8.61. The summed E-state index contributed by atoms with van der Waals surface area (Å²) in [5.41, 5.74) is 0.930. The molecule has 1 atom stereocenters. The van der Waals surface area contributed by atoms with Gasteiger partial charge in [0, 0.05) is 12.1 Å². The van der Waals surface area contributed by atoms with Gasteiger partial charge in [-0.2, -0.15) is 0 Å². The zero-order valence-corrected chi connectivity index (χ0v) is 12.9. The summed E-state index contributed by atoms with van der Waals surface area (Å²) in [5, 5.41) is 6.79. The van der Waals surface area contributed by atoms with Crippen LogP contribution < -0.4 is 10.0 Å². The number of hydrogen-bond acceptors (Lipinski definition) is 5. The van der Waals surface area contributed by atoms with E-state index >= 15 is 0 Å². The second-order valence-electron chi connectivity index (χ2n) is 4.66. The average molecular weight is 309 g/mol. The summed E-state index contributed by atoms with van der Waals surface area (Å²) in [4.78, 5) is 0.240. The monoisotopic (exact) mass is 309 g/mol. The smallest absolute Gasteiger partial charge is 0.240 e. The maximum absolute atomic E-state index is 12.3. The van der Waals surface area contributed by atoms with E-state index < -0.39 is 10.0 Å². The Morgan fingerprint density at radius 2 is 2.14 bits per heavy atom. The zero-order valence-electron chi connectivity index (χ0n) is 12.0. The van der Waals surface area contributed by atoms with Gasteiger partial charge in [-0.05, 0) is 31.2 Å². The van der Waals surface area contributed by atoms with E-state index in [-0.39, 0.29) is 17.5 Å². The van der Waals surface area contributed by atoms with Crippen LogP contribution in [0.5, 0.6) is 0 Å². The Bertz CT molecular complexity index is 669. The summed E-state index contributed by atoms with van der Waals surface area (Å²) in [7, 11) is -3.57. The predicted molar refractivity (Wildman–Crippen MR) is 79.1 cm³/mol. The fourth-order valence-corrected chi connectivity index (χ4v) is 3.01. The first kappa shape index (κ1) is 15.7. The number of hydrogen-bond donors (Lipinski definition) is 2. The Kier molecular flexibility index (Phi) is 5.11. The minimum Gasteiger partial charge on any atom is -0.360 e. The van der Waals surface area contributed by atoms with Crippen molar-refractivity contribution in [2.45, 2.75) is 31.3 Å². The maximum atomic E-state index is 12.3. The van der Waals surface area contributed by atoms with Gasteiger partial charge < -0.3 is 9.84 Å². The molecule has 0 aliphatic rings. The molecule has 0 saturated heterocycles. The number of aromatic nitrogens is 1. The number of rotatable bonds is 7. The molecule has 0 bridgehead atoms. The number of benzene rings is 1. The summed E-state index contributed by atoms with van der Waals surface area (Å²) in [6.45, 7) is 4.91. The molecule has 0 spiro atoms. The Hall–Kier alpha value is -1.70. The second-order valence-corrected chi connectivity index (χ2v) is 6.42. The minimum atomic E-state index is -3.57. The Labute approximate surface area is 124 Å². The van der Waals surface area contributed by atoms with Crippen LogP contribution in [0.2, 0.25) is 0 Å². The quantitative estimate of drug-likeness (QED) is 0.815. The van der Waals surface area contributed by atoms with E-state index in [4.69, 9.17) is 4.52 Å². The van der Waals surface area contributed by atoms with E-state index in [1.807, 2.05) is 19.9 Å². The second kappa shape index (κ2) is 6.84. The van der Waals surface area contributed by atoms with Crippen molar-refractivity contribution in [3.63, 3.8) is 0 Å². The average Bonchev–Trinajstić information content (AvgIpc) is 2.99. The van der Waals surface area contributed by atoms with Gasteiger partial charge in [0.2, 0.25) is 10.0 Å². The molecule has 0 aliphatic heterocycles. The molecular formula is C14H19N3O3S. The molecule has 0 amide bonds. The predicted octanol–water partition coefficient (Wildman–Crippen LogP) is 1.82. The first-order valence-corrected chi connectivity index (χ1v) is 8.24. The van der Waals surface area contributed by atoms with E-state index in [0.717, 1.165) is 12.1 Å².